The van der Waals surface area contributed by atoms with Crippen LogP contribution in [0, 0.1) is 11.8 Å². The molecule has 1 atom stereocenters. The minimum atomic E-state index is 0.810. The van der Waals surface area contributed by atoms with Crippen molar-refractivity contribution in [2.45, 2.75) is 52.5 Å². The Morgan fingerprint density at radius 2 is 2.00 bits per heavy atom. The predicted molar refractivity (Wildman–Crippen MR) is 67.1 cm³/mol. The van der Waals surface area contributed by atoms with E-state index in [0.717, 1.165) is 24.4 Å². The summed E-state index contributed by atoms with van der Waals surface area (Å²) in [4.78, 5) is 0. The first-order chi connectivity index (χ1) is 7.24. The molecule has 0 heterocycles. The Hall–Kier alpha value is -0.0800. The molecule has 0 saturated heterocycles. The minimum absolute atomic E-state index is 0.810. The van der Waals surface area contributed by atoms with E-state index in [-0.39, 0.29) is 0 Å². The van der Waals surface area contributed by atoms with Crippen LogP contribution < -0.4 is 10.6 Å². The summed E-state index contributed by atoms with van der Waals surface area (Å²) in [6.45, 7) is 10.4. The average molecular weight is 212 g/mol. The molecule has 90 valence electrons. The predicted octanol–water partition coefficient (Wildman–Crippen LogP) is 2.40. The summed E-state index contributed by atoms with van der Waals surface area (Å²) < 4.78 is 0. The number of rotatable bonds is 9. The molecule has 2 heteroatoms. The van der Waals surface area contributed by atoms with Crippen molar-refractivity contribution in [3.8, 4) is 0 Å². The molecule has 0 amide bonds. The van der Waals surface area contributed by atoms with Crippen LogP contribution in [0.2, 0.25) is 0 Å². The molecule has 0 bridgehead atoms. The van der Waals surface area contributed by atoms with Crippen molar-refractivity contribution in [2.75, 3.05) is 19.6 Å². The molecular weight excluding hydrogens is 184 g/mol. The third-order valence-corrected chi connectivity index (χ3v) is 3.36. The van der Waals surface area contributed by atoms with Gasteiger partial charge in [0.1, 0.15) is 0 Å². The highest BCUT2D eigenvalue weighted by atomic mass is 14.9. The molecule has 1 aliphatic rings. The van der Waals surface area contributed by atoms with Crippen molar-refractivity contribution in [3.05, 3.63) is 0 Å². The topological polar surface area (TPSA) is 24.1 Å². The van der Waals surface area contributed by atoms with E-state index in [0.29, 0.717) is 0 Å². The van der Waals surface area contributed by atoms with E-state index in [4.69, 9.17) is 0 Å². The SMILES string of the molecule is CCNCC(CCCNC1CC1)C(C)C. The van der Waals surface area contributed by atoms with Crippen molar-refractivity contribution in [3.63, 3.8) is 0 Å². The van der Waals surface area contributed by atoms with Gasteiger partial charge in [0.05, 0.1) is 0 Å². The fraction of sp³-hybridized carbons (Fsp3) is 1.00. The molecule has 0 radical (unpaired) electrons. The van der Waals surface area contributed by atoms with Crippen LogP contribution in [0.15, 0.2) is 0 Å². The Bertz CT molecular complexity index is 153. The normalized spacial score (nSPS) is 18.4. The summed E-state index contributed by atoms with van der Waals surface area (Å²) in [5, 5.41) is 7.06. The van der Waals surface area contributed by atoms with E-state index < -0.39 is 0 Å². The number of hydrogen-bond acceptors (Lipinski definition) is 2. The highest BCUT2D eigenvalue weighted by molar-refractivity contribution is 4.80. The first-order valence-corrected chi connectivity index (χ1v) is 6.68. The lowest BCUT2D eigenvalue weighted by Gasteiger charge is -2.21. The molecule has 15 heavy (non-hydrogen) atoms. The van der Waals surface area contributed by atoms with Gasteiger partial charge in [-0.15, -0.1) is 0 Å². The lowest BCUT2D eigenvalue weighted by Crippen LogP contribution is -2.27. The zero-order valence-corrected chi connectivity index (χ0v) is 10.7. The lowest BCUT2D eigenvalue weighted by molar-refractivity contribution is 0.333. The summed E-state index contributed by atoms with van der Waals surface area (Å²) in [6, 6.07) is 0.872. The van der Waals surface area contributed by atoms with Crippen LogP contribution in [-0.2, 0) is 0 Å². The van der Waals surface area contributed by atoms with Gasteiger partial charge in [-0.2, -0.15) is 0 Å². The molecule has 1 rings (SSSR count). The molecule has 0 aromatic carbocycles. The zero-order valence-electron chi connectivity index (χ0n) is 10.7. The standard InChI is InChI=1S/C13H28N2/c1-4-14-10-12(11(2)3)6-5-9-15-13-7-8-13/h11-15H,4-10H2,1-3H3. The molecule has 0 aromatic rings. The fourth-order valence-corrected chi connectivity index (χ4v) is 1.96. The summed E-state index contributed by atoms with van der Waals surface area (Å²) >= 11 is 0. The van der Waals surface area contributed by atoms with Crippen LogP contribution in [0.25, 0.3) is 0 Å². The zero-order chi connectivity index (χ0) is 11.1. The highest BCUT2D eigenvalue weighted by Gasteiger charge is 2.20. The summed E-state index contributed by atoms with van der Waals surface area (Å²) in [5.41, 5.74) is 0. The van der Waals surface area contributed by atoms with Crippen molar-refractivity contribution in [1.82, 2.24) is 10.6 Å². The maximum absolute atomic E-state index is 3.59. The van der Waals surface area contributed by atoms with Crippen molar-refractivity contribution < 1.29 is 0 Å². The lowest BCUT2D eigenvalue weighted by atomic mass is 9.91. The third kappa shape index (κ3) is 6.16. The average Bonchev–Trinajstić information content (AvgIpc) is 3.00. The van der Waals surface area contributed by atoms with E-state index in [9.17, 15) is 0 Å². The largest absolute Gasteiger partial charge is 0.317 e. The molecule has 0 spiro atoms. The first-order valence-electron chi connectivity index (χ1n) is 6.68. The van der Waals surface area contributed by atoms with Crippen molar-refractivity contribution >= 4 is 0 Å². The number of nitrogens with one attached hydrogen (secondary N) is 2. The Kier molecular flexibility index (Phi) is 6.26. The van der Waals surface area contributed by atoms with Gasteiger partial charge in [0.2, 0.25) is 0 Å². The van der Waals surface area contributed by atoms with Crippen LogP contribution >= 0.6 is 0 Å². The van der Waals surface area contributed by atoms with Crippen LogP contribution in [-0.4, -0.2) is 25.7 Å². The van der Waals surface area contributed by atoms with Gasteiger partial charge in [-0.05, 0) is 57.2 Å². The van der Waals surface area contributed by atoms with Crippen LogP contribution in [0.3, 0.4) is 0 Å². The highest BCUT2D eigenvalue weighted by Crippen LogP contribution is 2.19. The molecule has 2 N–H and O–H groups in total. The van der Waals surface area contributed by atoms with E-state index in [1.807, 2.05) is 0 Å². The van der Waals surface area contributed by atoms with Gasteiger partial charge in [0.15, 0.2) is 0 Å². The van der Waals surface area contributed by atoms with Gasteiger partial charge >= 0.3 is 0 Å². The smallest absolute Gasteiger partial charge is 0.00682 e. The van der Waals surface area contributed by atoms with Crippen molar-refractivity contribution in [1.29, 1.82) is 0 Å². The second kappa shape index (κ2) is 7.24. The Morgan fingerprint density at radius 1 is 1.27 bits per heavy atom. The summed E-state index contributed by atoms with van der Waals surface area (Å²) in [6.07, 6.45) is 5.52. The maximum atomic E-state index is 3.59. The molecule has 0 aliphatic heterocycles. The number of hydrogen-bond donors (Lipinski definition) is 2. The molecule has 1 unspecified atom stereocenters. The molecule has 1 aliphatic carbocycles. The Morgan fingerprint density at radius 3 is 2.53 bits per heavy atom. The van der Waals surface area contributed by atoms with E-state index in [1.54, 1.807) is 0 Å². The minimum Gasteiger partial charge on any atom is -0.317 e. The molecule has 0 aromatic heterocycles. The molecular formula is C13H28N2. The van der Waals surface area contributed by atoms with Gasteiger partial charge in [0, 0.05) is 6.04 Å². The Balaban J connectivity index is 2.01. The van der Waals surface area contributed by atoms with Crippen LogP contribution in [0.5, 0.6) is 0 Å². The van der Waals surface area contributed by atoms with Gasteiger partial charge < -0.3 is 10.6 Å². The summed E-state index contributed by atoms with van der Waals surface area (Å²) in [5.74, 6) is 1.66. The van der Waals surface area contributed by atoms with Gasteiger partial charge in [-0.3, -0.25) is 0 Å². The van der Waals surface area contributed by atoms with Crippen LogP contribution in [0.1, 0.15) is 46.5 Å². The quantitative estimate of drug-likeness (QED) is 0.574. The maximum Gasteiger partial charge on any atom is 0.00682 e. The van der Waals surface area contributed by atoms with Crippen LogP contribution in [0.4, 0.5) is 0 Å². The summed E-state index contributed by atoms with van der Waals surface area (Å²) in [7, 11) is 0. The van der Waals surface area contributed by atoms with Gasteiger partial charge in [-0.25, -0.2) is 0 Å². The fourth-order valence-electron chi connectivity index (χ4n) is 1.96. The molecule has 2 nitrogen and oxygen atoms in total. The van der Waals surface area contributed by atoms with E-state index in [1.165, 1.54) is 38.8 Å². The third-order valence-electron chi connectivity index (χ3n) is 3.36. The Labute approximate surface area is 95.2 Å². The molecule has 1 fully saturated rings. The van der Waals surface area contributed by atoms with Gasteiger partial charge in [-0.1, -0.05) is 20.8 Å². The van der Waals surface area contributed by atoms with Crippen molar-refractivity contribution in [2.24, 2.45) is 11.8 Å². The second-order valence-electron chi connectivity index (χ2n) is 5.18. The first kappa shape index (κ1) is 13.0. The second-order valence-corrected chi connectivity index (χ2v) is 5.18. The monoisotopic (exact) mass is 212 g/mol. The van der Waals surface area contributed by atoms with E-state index in [2.05, 4.69) is 31.4 Å². The molecule has 1 saturated carbocycles. The van der Waals surface area contributed by atoms with Gasteiger partial charge in [0.25, 0.3) is 0 Å². The van der Waals surface area contributed by atoms with E-state index >= 15 is 0 Å².